The molecule has 1 N–H and O–H groups in total. The van der Waals surface area contributed by atoms with Gasteiger partial charge in [0.25, 0.3) is 0 Å². The number of nitrogens with one attached hydrogen (secondary N) is 1. The van der Waals surface area contributed by atoms with E-state index in [1.807, 2.05) is 6.92 Å². The molecular weight excluding hydrogens is 170 g/mol. The van der Waals surface area contributed by atoms with E-state index in [-0.39, 0.29) is 23.5 Å². The summed E-state index contributed by atoms with van der Waals surface area (Å²) in [5, 5.41) is 0. The highest BCUT2D eigenvalue weighted by Crippen LogP contribution is 2.12. The van der Waals surface area contributed by atoms with Crippen LogP contribution in [-0.4, -0.2) is 18.8 Å². The SMILES string of the molecule is CONC(=O)C(C)C[C@@H](C)C(C)=O. The summed E-state index contributed by atoms with van der Waals surface area (Å²) in [5.41, 5.74) is 2.24. The maximum atomic E-state index is 11.2. The molecule has 0 bridgehead atoms. The average molecular weight is 187 g/mol. The van der Waals surface area contributed by atoms with E-state index in [9.17, 15) is 9.59 Å². The van der Waals surface area contributed by atoms with Gasteiger partial charge in [-0.2, -0.15) is 0 Å². The molecule has 0 radical (unpaired) electrons. The highest BCUT2D eigenvalue weighted by Gasteiger charge is 2.18. The van der Waals surface area contributed by atoms with Crippen LogP contribution in [0.2, 0.25) is 0 Å². The van der Waals surface area contributed by atoms with Crippen LogP contribution >= 0.6 is 0 Å². The van der Waals surface area contributed by atoms with Crippen LogP contribution in [-0.2, 0) is 14.4 Å². The summed E-state index contributed by atoms with van der Waals surface area (Å²) in [5.74, 6) is -0.343. The Labute approximate surface area is 78.6 Å². The van der Waals surface area contributed by atoms with Gasteiger partial charge >= 0.3 is 0 Å². The molecular formula is C9H17NO3. The van der Waals surface area contributed by atoms with Crippen LogP contribution in [0.15, 0.2) is 0 Å². The topological polar surface area (TPSA) is 55.4 Å². The van der Waals surface area contributed by atoms with E-state index in [1.54, 1.807) is 6.92 Å². The second kappa shape index (κ2) is 5.70. The molecule has 0 saturated heterocycles. The number of hydrogen-bond donors (Lipinski definition) is 1. The summed E-state index contributed by atoms with van der Waals surface area (Å²) < 4.78 is 0. The van der Waals surface area contributed by atoms with E-state index >= 15 is 0 Å². The van der Waals surface area contributed by atoms with Gasteiger partial charge in [-0.25, -0.2) is 5.48 Å². The highest BCUT2D eigenvalue weighted by atomic mass is 16.6. The summed E-state index contributed by atoms with van der Waals surface area (Å²) in [7, 11) is 1.39. The van der Waals surface area contributed by atoms with Crippen LogP contribution in [0.4, 0.5) is 0 Å². The van der Waals surface area contributed by atoms with Gasteiger partial charge in [0.1, 0.15) is 5.78 Å². The molecule has 13 heavy (non-hydrogen) atoms. The number of Topliss-reactive ketones (excluding diaryl/α,β-unsaturated/α-hetero) is 1. The van der Waals surface area contributed by atoms with E-state index in [1.165, 1.54) is 14.0 Å². The van der Waals surface area contributed by atoms with Gasteiger partial charge in [0, 0.05) is 11.8 Å². The van der Waals surface area contributed by atoms with Crippen molar-refractivity contribution in [2.24, 2.45) is 11.8 Å². The Morgan fingerprint density at radius 2 is 1.85 bits per heavy atom. The minimum atomic E-state index is -0.196. The van der Waals surface area contributed by atoms with E-state index < -0.39 is 0 Å². The summed E-state index contributed by atoms with van der Waals surface area (Å²) in [4.78, 5) is 26.5. The lowest BCUT2D eigenvalue weighted by Crippen LogP contribution is -2.29. The monoisotopic (exact) mass is 187 g/mol. The molecule has 0 aliphatic heterocycles. The van der Waals surface area contributed by atoms with Crippen molar-refractivity contribution >= 4 is 11.7 Å². The Morgan fingerprint density at radius 1 is 1.31 bits per heavy atom. The van der Waals surface area contributed by atoms with Gasteiger partial charge in [-0.3, -0.25) is 14.4 Å². The normalized spacial score (nSPS) is 14.8. The number of hydroxylamine groups is 1. The molecule has 2 atom stereocenters. The van der Waals surface area contributed by atoms with Crippen LogP contribution in [0.1, 0.15) is 27.2 Å². The predicted molar refractivity (Wildman–Crippen MR) is 48.8 cm³/mol. The van der Waals surface area contributed by atoms with Crippen LogP contribution in [0.3, 0.4) is 0 Å². The van der Waals surface area contributed by atoms with E-state index in [0.29, 0.717) is 6.42 Å². The molecule has 1 amide bonds. The Hall–Kier alpha value is -0.900. The van der Waals surface area contributed by atoms with Crippen LogP contribution in [0.5, 0.6) is 0 Å². The van der Waals surface area contributed by atoms with Crippen molar-refractivity contribution in [3.8, 4) is 0 Å². The molecule has 4 nitrogen and oxygen atoms in total. The maximum absolute atomic E-state index is 11.2. The molecule has 0 aromatic rings. The van der Waals surface area contributed by atoms with Gasteiger partial charge in [-0.15, -0.1) is 0 Å². The molecule has 0 aromatic carbocycles. The van der Waals surface area contributed by atoms with Crippen LogP contribution in [0, 0.1) is 11.8 Å². The van der Waals surface area contributed by atoms with E-state index in [2.05, 4.69) is 10.3 Å². The fourth-order valence-corrected chi connectivity index (χ4v) is 1.00. The third-order valence-corrected chi connectivity index (χ3v) is 2.05. The molecule has 0 heterocycles. The third kappa shape index (κ3) is 4.62. The molecule has 0 aliphatic rings. The van der Waals surface area contributed by atoms with Crippen LogP contribution < -0.4 is 5.48 Å². The number of amides is 1. The lowest BCUT2D eigenvalue weighted by atomic mass is 9.94. The molecule has 0 fully saturated rings. The summed E-state index contributed by atoms with van der Waals surface area (Å²) in [6.07, 6.45) is 0.560. The minimum Gasteiger partial charge on any atom is -0.300 e. The first-order valence-electron chi connectivity index (χ1n) is 4.32. The highest BCUT2D eigenvalue weighted by molar-refractivity contribution is 5.80. The van der Waals surface area contributed by atoms with Crippen molar-refractivity contribution in [3.63, 3.8) is 0 Å². The standard InChI is InChI=1S/C9H17NO3/c1-6(8(3)11)5-7(2)9(12)10-13-4/h6-7H,5H2,1-4H3,(H,10,12)/t6-,7?/m1/s1. The molecule has 0 saturated carbocycles. The largest absolute Gasteiger partial charge is 0.300 e. The quantitative estimate of drug-likeness (QED) is 0.651. The van der Waals surface area contributed by atoms with Crippen molar-refractivity contribution in [2.45, 2.75) is 27.2 Å². The number of rotatable bonds is 5. The van der Waals surface area contributed by atoms with Gasteiger partial charge in [0.2, 0.25) is 5.91 Å². The van der Waals surface area contributed by atoms with Crippen molar-refractivity contribution in [3.05, 3.63) is 0 Å². The zero-order valence-electron chi connectivity index (χ0n) is 8.59. The third-order valence-electron chi connectivity index (χ3n) is 2.05. The minimum absolute atomic E-state index is 0.0717. The van der Waals surface area contributed by atoms with Crippen molar-refractivity contribution in [1.82, 2.24) is 5.48 Å². The lowest BCUT2D eigenvalue weighted by molar-refractivity contribution is -0.135. The number of hydrogen-bond acceptors (Lipinski definition) is 3. The Balaban J connectivity index is 3.92. The first-order valence-corrected chi connectivity index (χ1v) is 4.32. The first-order chi connectivity index (χ1) is 5.99. The molecule has 0 aromatic heterocycles. The molecule has 4 heteroatoms. The molecule has 0 aliphatic carbocycles. The second-order valence-electron chi connectivity index (χ2n) is 3.32. The van der Waals surface area contributed by atoms with Gasteiger partial charge < -0.3 is 0 Å². The Morgan fingerprint density at radius 3 is 2.23 bits per heavy atom. The summed E-state index contributed by atoms with van der Waals surface area (Å²) in [6, 6.07) is 0. The lowest BCUT2D eigenvalue weighted by Gasteiger charge is -2.13. The Bertz CT molecular complexity index is 191. The summed E-state index contributed by atoms with van der Waals surface area (Å²) in [6.45, 7) is 5.12. The van der Waals surface area contributed by atoms with Gasteiger partial charge in [0.15, 0.2) is 0 Å². The van der Waals surface area contributed by atoms with E-state index in [0.717, 1.165) is 0 Å². The van der Waals surface area contributed by atoms with Crippen molar-refractivity contribution in [2.75, 3.05) is 7.11 Å². The number of carbonyl (C=O) groups excluding carboxylic acids is 2. The summed E-state index contributed by atoms with van der Waals surface area (Å²) >= 11 is 0. The van der Waals surface area contributed by atoms with Gasteiger partial charge in [-0.1, -0.05) is 13.8 Å². The molecule has 76 valence electrons. The van der Waals surface area contributed by atoms with Gasteiger partial charge in [-0.05, 0) is 13.3 Å². The molecule has 0 rings (SSSR count). The smallest absolute Gasteiger partial charge is 0.246 e. The first kappa shape index (κ1) is 12.1. The zero-order valence-corrected chi connectivity index (χ0v) is 8.59. The second-order valence-corrected chi connectivity index (χ2v) is 3.32. The number of carbonyl (C=O) groups is 2. The van der Waals surface area contributed by atoms with Crippen molar-refractivity contribution < 1.29 is 14.4 Å². The fourth-order valence-electron chi connectivity index (χ4n) is 1.00. The number of ketones is 1. The van der Waals surface area contributed by atoms with Crippen molar-refractivity contribution in [1.29, 1.82) is 0 Å². The molecule has 0 spiro atoms. The molecule has 1 unspecified atom stereocenters. The van der Waals surface area contributed by atoms with Crippen LogP contribution in [0.25, 0.3) is 0 Å². The maximum Gasteiger partial charge on any atom is 0.246 e. The van der Waals surface area contributed by atoms with Gasteiger partial charge in [0.05, 0.1) is 7.11 Å². The Kier molecular flexibility index (Phi) is 5.30. The average Bonchev–Trinajstić information content (AvgIpc) is 2.04. The fraction of sp³-hybridized carbons (Fsp3) is 0.778. The van der Waals surface area contributed by atoms with E-state index in [4.69, 9.17) is 0 Å². The predicted octanol–water partition coefficient (Wildman–Crippen LogP) is 0.915. The zero-order chi connectivity index (χ0) is 10.4.